The van der Waals surface area contributed by atoms with Gasteiger partial charge < -0.3 is 18.6 Å². The Hall–Kier alpha value is -3.05. The van der Waals surface area contributed by atoms with Crippen molar-refractivity contribution in [2.75, 3.05) is 20.5 Å². The molecule has 176 valence electrons. The highest BCUT2D eigenvalue weighted by molar-refractivity contribution is 5.93. The first-order valence-corrected chi connectivity index (χ1v) is 11.4. The Labute approximate surface area is 196 Å². The van der Waals surface area contributed by atoms with Crippen molar-refractivity contribution in [3.05, 3.63) is 59.4 Å². The lowest BCUT2D eigenvalue weighted by Crippen LogP contribution is -2.15. The molecule has 1 aromatic heterocycles. The highest BCUT2D eigenvalue weighted by Crippen LogP contribution is 2.41. The molecule has 33 heavy (non-hydrogen) atoms. The molecule has 0 bridgehead atoms. The highest BCUT2D eigenvalue weighted by Gasteiger charge is 2.24. The van der Waals surface area contributed by atoms with Gasteiger partial charge in [0.25, 0.3) is 0 Å². The Balaban J connectivity index is 2.12. The van der Waals surface area contributed by atoms with Crippen LogP contribution in [0.25, 0.3) is 27.7 Å². The van der Waals surface area contributed by atoms with Crippen LogP contribution in [0.2, 0.25) is 0 Å². The molecular formula is C28H34O5. The van der Waals surface area contributed by atoms with Crippen LogP contribution in [0.5, 0.6) is 5.75 Å². The summed E-state index contributed by atoms with van der Waals surface area (Å²) in [6.45, 7) is 12.9. The van der Waals surface area contributed by atoms with E-state index in [0.29, 0.717) is 12.4 Å². The zero-order chi connectivity index (χ0) is 24.2. The lowest BCUT2D eigenvalue weighted by Gasteiger charge is -2.26. The van der Waals surface area contributed by atoms with Gasteiger partial charge in [-0.15, -0.1) is 0 Å². The molecule has 0 aliphatic carbocycles. The standard InChI is InChI=1S/C28H34O5/c1-8-19-13-22(27(32-17-30-7)23(14-19)28(4,5)6)20-10-11-24-21(15-20)16-25(33-24)18(3)12-26(29)31-9-2/h10-16H,8-9,17H2,1-7H3/b18-12+. The van der Waals surface area contributed by atoms with Gasteiger partial charge in [-0.1, -0.05) is 39.8 Å². The average Bonchev–Trinajstić information content (AvgIpc) is 3.20. The number of fused-ring (bicyclic) bond motifs is 1. The van der Waals surface area contributed by atoms with E-state index < -0.39 is 0 Å². The van der Waals surface area contributed by atoms with E-state index in [0.717, 1.165) is 45.4 Å². The van der Waals surface area contributed by atoms with Gasteiger partial charge in [0.1, 0.15) is 17.1 Å². The number of hydrogen-bond donors (Lipinski definition) is 0. The fourth-order valence-electron chi connectivity index (χ4n) is 3.77. The summed E-state index contributed by atoms with van der Waals surface area (Å²) in [7, 11) is 1.63. The molecule has 3 rings (SSSR count). The van der Waals surface area contributed by atoms with Crippen molar-refractivity contribution in [1.29, 1.82) is 0 Å². The number of furan rings is 1. The normalized spacial score (nSPS) is 12.3. The minimum absolute atomic E-state index is 0.0923. The maximum Gasteiger partial charge on any atom is 0.331 e. The monoisotopic (exact) mass is 450 g/mol. The lowest BCUT2D eigenvalue weighted by atomic mass is 9.82. The number of rotatable bonds is 8. The molecule has 2 aromatic carbocycles. The number of esters is 1. The predicted octanol–water partition coefficient (Wildman–Crippen LogP) is 6.91. The second-order valence-electron chi connectivity index (χ2n) is 9.12. The molecule has 0 amide bonds. The van der Waals surface area contributed by atoms with Crippen molar-refractivity contribution in [1.82, 2.24) is 0 Å². The lowest BCUT2D eigenvalue weighted by molar-refractivity contribution is -0.137. The Bertz CT molecular complexity index is 1160. The molecule has 0 spiro atoms. The van der Waals surface area contributed by atoms with Gasteiger partial charge in [-0.05, 0) is 66.6 Å². The molecule has 0 fully saturated rings. The number of carbonyl (C=O) groups is 1. The molecule has 3 aromatic rings. The topological polar surface area (TPSA) is 57.9 Å². The van der Waals surface area contributed by atoms with Crippen LogP contribution < -0.4 is 4.74 Å². The summed E-state index contributed by atoms with van der Waals surface area (Å²) < 4.78 is 22.3. The van der Waals surface area contributed by atoms with Crippen LogP contribution in [0, 0.1) is 0 Å². The number of carbonyl (C=O) groups excluding carboxylic acids is 1. The summed E-state index contributed by atoms with van der Waals surface area (Å²) in [5.74, 6) is 1.11. The number of aryl methyl sites for hydroxylation is 1. The number of methoxy groups -OCH3 is 1. The van der Waals surface area contributed by atoms with Gasteiger partial charge in [-0.3, -0.25) is 0 Å². The largest absolute Gasteiger partial charge is 0.467 e. The van der Waals surface area contributed by atoms with Crippen LogP contribution in [0.3, 0.4) is 0 Å². The smallest absolute Gasteiger partial charge is 0.331 e. The Kier molecular flexibility index (Phi) is 7.65. The summed E-state index contributed by atoms with van der Waals surface area (Å²) in [5, 5.41) is 0.955. The first-order valence-electron chi connectivity index (χ1n) is 11.4. The minimum Gasteiger partial charge on any atom is -0.467 e. The van der Waals surface area contributed by atoms with E-state index >= 15 is 0 Å². The van der Waals surface area contributed by atoms with Crippen LogP contribution in [0.15, 0.2) is 46.9 Å². The van der Waals surface area contributed by atoms with Gasteiger partial charge in [0.15, 0.2) is 6.79 Å². The molecule has 0 aliphatic heterocycles. The van der Waals surface area contributed by atoms with Gasteiger partial charge >= 0.3 is 5.97 Å². The third-order valence-electron chi connectivity index (χ3n) is 5.52. The summed E-state index contributed by atoms with van der Waals surface area (Å²) in [6, 6.07) is 12.5. The van der Waals surface area contributed by atoms with Crippen LogP contribution >= 0.6 is 0 Å². The second kappa shape index (κ2) is 10.3. The van der Waals surface area contributed by atoms with E-state index in [2.05, 4.69) is 45.9 Å². The predicted molar refractivity (Wildman–Crippen MR) is 133 cm³/mol. The highest BCUT2D eigenvalue weighted by atomic mass is 16.7. The van der Waals surface area contributed by atoms with E-state index in [1.165, 1.54) is 11.6 Å². The summed E-state index contributed by atoms with van der Waals surface area (Å²) in [5.41, 5.74) is 5.85. The van der Waals surface area contributed by atoms with E-state index in [9.17, 15) is 4.79 Å². The molecule has 0 saturated carbocycles. The molecule has 0 radical (unpaired) electrons. The Morgan fingerprint density at radius 2 is 1.85 bits per heavy atom. The van der Waals surface area contributed by atoms with Crippen LogP contribution in [0.4, 0.5) is 0 Å². The maximum atomic E-state index is 11.8. The van der Waals surface area contributed by atoms with Crippen LogP contribution in [0.1, 0.15) is 58.4 Å². The zero-order valence-corrected chi connectivity index (χ0v) is 20.7. The van der Waals surface area contributed by atoms with E-state index in [-0.39, 0.29) is 18.2 Å². The molecule has 5 heteroatoms. The quantitative estimate of drug-likeness (QED) is 0.212. The average molecular weight is 451 g/mol. The SMILES string of the molecule is CCOC(=O)/C=C(\C)c1cc2cc(-c3cc(CC)cc(C(C)(C)C)c3OCOC)ccc2o1. The van der Waals surface area contributed by atoms with Crippen molar-refractivity contribution < 1.29 is 23.4 Å². The van der Waals surface area contributed by atoms with Crippen molar-refractivity contribution in [2.45, 2.75) is 53.4 Å². The fourth-order valence-corrected chi connectivity index (χ4v) is 3.77. The molecule has 1 heterocycles. The number of hydrogen-bond acceptors (Lipinski definition) is 5. The minimum atomic E-state index is -0.373. The van der Waals surface area contributed by atoms with Crippen LogP contribution in [-0.4, -0.2) is 26.5 Å². The van der Waals surface area contributed by atoms with Gasteiger partial charge in [-0.25, -0.2) is 4.79 Å². The van der Waals surface area contributed by atoms with Gasteiger partial charge in [0, 0.05) is 29.7 Å². The van der Waals surface area contributed by atoms with E-state index in [1.807, 2.05) is 25.1 Å². The van der Waals surface area contributed by atoms with Crippen molar-refractivity contribution in [3.8, 4) is 16.9 Å². The molecular weight excluding hydrogens is 416 g/mol. The van der Waals surface area contributed by atoms with Gasteiger partial charge in [0.05, 0.1) is 6.61 Å². The second-order valence-corrected chi connectivity index (χ2v) is 9.12. The molecule has 0 unspecified atom stereocenters. The zero-order valence-electron chi connectivity index (χ0n) is 20.7. The van der Waals surface area contributed by atoms with Crippen molar-refractivity contribution >= 4 is 22.5 Å². The van der Waals surface area contributed by atoms with E-state index in [1.54, 1.807) is 14.0 Å². The first kappa shape index (κ1) is 24.6. The molecule has 0 saturated heterocycles. The number of ether oxygens (including phenoxy) is 3. The van der Waals surface area contributed by atoms with Gasteiger partial charge in [-0.2, -0.15) is 0 Å². The summed E-state index contributed by atoms with van der Waals surface area (Å²) in [6.07, 6.45) is 2.38. The van der Waals surface area contributed by atoms with E-state index in [4.69, 9.17) is 18.6 Å². The van der Waals surface area contributed by atoms with Crippen molar-refractivity contribution in [3.63, 3.8) is 0 Å². The number of allylic oxidation sites excluding steroid dienone is 1. The first-order chi connectivity index (χ1) is 15.7. The maximum absolute atomic E-state index is 11.8. The van der Waals surface area contributed by atoms with Crippen molar-refractivity contribution in [2.24, 2.45) is 0 Å². The number of benzene rings is 2. The molecule has 5 nitrogen and oxygen atoms in total. The Morgan fingerprint density at radius 3 is 2.48 bits per heavy atom. The fraction of sp³-hybridized carbons (Fsp3) is 0.393. The third kappa shape index (κ3) is 5.66. The third-order valence-corrected chi connectivity index (χ3v) is 5.52. The van der Waals surface area contributed by atoms with Gasteiger partial charge in [0.2, 0.25) is 0 Å². The molecule has 0 N–H and O–H groups in total. The summed E-state index contributed by atoms with van der Waals surface area (Å²) in [4.78, 5) is 11.8. The molecule has 0 aliphatic rings. The van der Waals surface area contributed by atoms with Crippen LogP contribution in [-0.2, 0) is 26.1 Å². The summed E-state index contributed by atoms with van der Waals surface area (Å²) >= 11 is 0. The molecule has 0 atom stereocenters. The Morgan fingerprint density at radius 1 is 1.09 bits per heavy atom.